The zero-order valence-electron chi connectivity index (χ0n) is 7.28. The molecule has 0 bridgehead atoms. The first-order valence-corrected chi connectivity index (χ1v) is 5.52. The Morgan fingerprint density at radius 3 is 2.50 bits per heavy atom. The number of hydrogen-bond donors (Lipinski definition) is 1. The van der Waals surface area contributed by atoms with Crippen molar-refractivity contribution < 1.29 is 8.42 Å². The van der Waals surface area contributed by atoms with Crippen LogP contribution >= 0.6 is 11.6 Å². The number of hydrogen-bond acceptors (Lipinski definition) is 3. The Morgan fingerprint density at radius 1 is 1.50 bits per heavy atom. The quantitative estimate of drug-likeness (QED) is 0.786. The first-order chi connectivity index (χ1) is 6.38. The van der Waals surface area contributed by atoms with E-state index in [0.717, 1.165) is 0 Å². The molecule has 0 aliphatic carbocycles. The van der Waals surface area contributed by atoms with Gasteiger partial charge in [-0.2, -0.15) is 5.26 Å². The van der Waals surface area contributed by atoms with Crippen molar-refractivity contribution in [2.75, 3.05) is 0 Å². The predicted octanol–water partition coefficient (Wildman–Crippen LogP) is 1.17. The maximum absolute atomic E-state index is 11.1. The average Bonchev–Trinajstić information content (AvgIpc) is 2.07. The van der Waals surface area contributed by atoms with Crippen LogP contribution in [0.15, 0.2) is 17.0 Å². The van der Waals surface area contributed by atoms with Gasteiger partial charge in [-0.3, -0.25) is 0 Å². The van der Waals surface area contributed by atoms with Crippen LogP contribution in [0.1, 0.15) is 11.1 Å². The van der Waals surface area contributed by atoms with Gasteiger partial charge in [-0.1, -0.05) is 11.6 Å². The van der Waals surface area contributed by atoms with Gasteiger partial charge in [0.2, 0.25) is 10.0 Å². The first kappa shape index (κ1) is 11.0. The molecular weight excluding hydrogens is 224 g/mol. The van der Waals surface area contributed by atoms with E-state index in [0.29, 0.717) is 10.6 Å². The van der Waals surface area contributed by atoms with E-state index in [1.165, 1.54) is 12.1 Å². The Morgan fingerprint density at radius 2 is 2.07 bits per heavy atom. The highest BCUT2D eigenvalue weighted by atomic mass is 35.5. The maximum Gasteiger partial charge on any atom is 0.239 e. The highest BCUT2D eigenvalue weighted by Crippen LogP contribution is 2.24. The fourth-order valence-electron chi connectivity index (χ4n) is 1.04. The van der Waals surface area contributed by atoms with Crippen molar-refractivity contribution in [2.24, 2.45) is 5.14 Å². The molecule has 1 aromatic rings. The summed E-state index contributed by atoms with van der Waals surface area (Å²) >= 11 is 5.73. The summed E-state index contributed by atoms with van der Waals surface area (Å²) in [5.74, 6) is 0. The average molecular weight is 231 g/mol. The van der Waals surface area contributed by atoms with Crippen LogP contribution in [0.3, 0.4) is 0 Å². The van der Waals surface area contributed by atoms with Gasteiger partial charge >= 0.3 is 0 Å². The van der Waals surface area contributed by atoms with Gasteiger partial charge in [0.05, 0.1) is 10.5 Å². The van der Waals surface area contributed by atoms with Crippen LogP contribution in [0.4, 0.5) is 0 Å². The van der Waals surface area contributed by atoms with Gasteiger partial charge in [0.25, 0.3) is 0 Å². The van der Waals surface area contributed by atoms with Crippen molar-refractivity contribution in [3.8, 4) is 6.07 Å². The standard InChI is InChI=1S/C8H7ClN2O2S/c1-5-6(4-10)8(14(11,12)13)3-2-7(5)9/h2-3H,1H3,(H2,11,12,13). The molecule has 0 saturated carbocycles. The van der Waals surface area contributed by atoms with E-state index in [1.54, 1.807) is 13.0 Å². The molecule has 0 saturated heterocycles. The molecule has 0 heterocycles. The Balaban J connectivity index is 3.66. The lowest BCUT2D eigenvalue weighted by Crippen LogP contribution is -2.14. The van der Waals surface area contributed by atoms with Gasteiger partial charge in [0.1, 0.15) is 6.07 Å². The fraction of sp³-hybridized carbons (Fsp3) is 0.125. The SMILES string of the molecule is Cc1c(Cl)ccc(S(N)(=O)=O)c1C#N. The van der Waals surface area contributed by atoms with Gasteiger partial charge in [0, 0.05) is 5.02 Å². The molecule has 0 unspecified atom stereocenters. The van der Waals surface area contributed by atoms with E-state index >= 15 is 0 Å². The summed E-state index contributed by atoms with van der Waals surface area (Å²) in [6.45, 7) is 1.57. The molecule has 1 aromatic carbocycles. The number of nitrogens with two attached hydrogens (primary N) is 1. The minimum atomic E-state index is -3.87. The molecule has 0 amide bonds. The second kappa shape index (κ2) is 3.58. The van der Waals surface area contributed by atoms with Crippen molar-refractivity contribution in [1.29, 1.82) is 5.26 Å². The molecule has 0 aliphatic rings. The van der Waals surface area contributed by atoms with Gasteiger partial charge in [-0.15, -0.1) is 0 Å². The van der Waals surface area contributed by atoms with Crippen LogP contribution in [-0.2, 0) is 10.0 Å². The summed E-state index contributed by atoms with van der Waals surface area (Å²) in [5.41, 5.74) is 0.417. The number of halogens is 1. The molecule has 14 heavy (non-hydrogen) atoms. The predicted molar refractivity (Wildman–Crippen MR) is 52.3 cm³/mol. The molecule has 4 nitrogen and oxygen atoms in total. The van der Waals surface area contributed by atoms with Gasteiger partial charge in [-0.25, -0.2) is 13.6 Å². The molecule has 0 spiro atoms. The van der Waals surface area contributed by atoms with Gasteiger partial charge in [-0.05, 0) is 24.6 Å². The third-order valence-electron chi connectivity index (χ3n) is 1.78. The number of nitrogens with zero attached hydrogens (tertiary/aromatic N) is 1. The smallest absolute Gasteiger partial charge is 0.225 e. The van der Waals surface area contributed by atoms with E-state index in [4.69, 9.17) is 22.0 Å². The summed E-state index contributed by atoms with van der Waals surface area (Å²) in [4.78, 5) is -0.193. The van der Waals surface area contributed by atoms with Gasteiger partial charge in [0.15, 0.2) is 0 Å². The molecular formula is C8H7ClN2O2S. The summed E-state index contributed by atoms with van der Waals surface area (Å²) in [7, 11) is -3.87. The van der Waals surface area contributed by atoms with Crippen molar-refractivity contribution in [3.63, 3.8) is 0 Å². The number of nitriles is 1. The van der Waals surface area contributed by atoms with E-state index in [9.17, 15) is 8.42 Å². The van der Waals surface area contributed by atoms with Crippen molar-refractivity contribution in [2.45, 2.75) is 11.8 Å². The summed E-state index contributed by atoms with van der Waals surface area (Å²) < 4.78 is 22.1. The summed E-state index contributed by atoms with van der Waals surface area (Å²) in [6.07, 6.45) is 0. The molecule has 0 fully saturated rings. The monoisotopic (exact) mass is 230 g/mol. The molecule has 0 aromatic heterocycles. The highest BCUT2D eigenvalue weighted by molar-refractivity contribution is 7.89. The minimum Gasteiger partial charge on any atom is -0.225 e. The second-order valence-electron chi connectivity index (χ2n) is 2.70. The lowest BCUT2D eigenvalue weighted by atomic mass is 10.1. The molecule has 2 N–H and O–H groups in total. The Bertz CT molecular complexity index is 517. The van der Waals surface area contributed by atoms with Crippen molar-refractivity contribution in [1.82, 2.24) is 0 Å². The summed E-state index contributed by atoms with van der Waals surface area (Å²) in [6, 6.07) is 4.39. The lowest BCUT2D eigenvalue weighted by molar-refractivity contribution is 0.597. The molecule has 0 aliphatic heterocycles. The Kier molecular flexibility index (Phi) is 2.81. The minimum absolute atomic E-state index is 0.000000000000000444. The zero-order valence-corrected chi connectivity index (χ0v) is 8.85. The number of rotatable bonds is 1. The Labute approximate surface area is 87.0 Å². The molecule has 0 atom stereocenters. The maximum atomic E-state index is 11.1. The van der Waals surface area contributed by atoms with E-state index in [2.05, 4.69) is 0 Å². The van der Waals surface area contributed by atoms with Gasteiger partial charge < -0.3 is 0 Å². The van der Waals surface area contributed by atoms with Crippen LogP contribution in [0.2, 0.25) is 5.02 Å². The summed E-state index contributed by atoms with van der Waals surface area (Å²) in [5, 5.41) is 14.0. The van der Waals surface area contributed by atoms with E-state index < -0.39 is 10.0 Å². The fourth-order valence-corrected chi connectivity index (χ4v) is 1.94. The second-order valence-corrected chi connectivity index (χ2v) is 4.64. The van der Waals surface area contributed by atoms with Crippen LogP contribution in [0, 0.1) is 18.3 Å². The third kappa shape index (κ3) is 1.87. The number of sulfonamides is 1. The highest BCUT2D eigenvalue weighted by Gasteiger charge is 2.16. The molecule has 6 heteroatoms. The molecule has 74 valence electrons. The van der Waals surface area contributed by atoms with Crippen LogP contribution in [0.25, 0.3) is 0 Å². The number of benzene rings is 1. The van der Waals surface area contributed by atoms with Crippen molar-refractivity contribution in [3.05, 3.63) is 28.3 Å². The molecule has 0 radical (unpaired) electrons. The molecule has 1 rings (SSSR count). The van der Waals surface area contributed by atoms with Crippen LogP contribution in [-0.4, -0.2) is 8.42 Å². The van der Waals surface area contributed by atoms with Crippen LogP contribution in [0.5, 0.6) is 0 Å². The van der Waals surface area contributed by atoms with E-state index in [1.807, 2.05) is 0 Å². The topological polar surface area (TPSA) is 84.0 Å². The van der Waals surface area contributed by atoms with Crippen molar-refractivity contribution >= 4 is 21.6 Å². The zero-order chi connectivity index (χ0) is 10.9. The normalized spacial score (nSPS) is 11.0. The van der Waals surface area contributed by atoms with Crippen LogP contribution < -0.4 is 5.14 Å². The third-order valence-corrected chi connectivity index (χ3v) is 3.14. The lowest BCUT2D eigenvalue weighted by Gasteiger charge is -2.05. The number of primary sulfonamides is 1. The van der Waals surface area contributed by atoms with E-state index in [-0.39, 0.29) is 10.5 Å². The first-order valence-electron chi connectivity index (χ1n) is 3.60. The Hall–Kier alpha value is -1.09. The largest absolute Gasteiger partial charge is 0.239 e.